The number of aromatic amines is 1. The van der Waals surface area contributed by atoms with Gasteiger partial charge >= 0.3 is 6.03 Å². The molecule has 27 heavy (non-hydrogen) atoms. The summed E-state index contributed by atoms with van der Waals surface area (Å²) in [6.07, 6.45) is 5.04. The number of nitrogens with one attached hydrogen (secondary N) is 3. The first-order valence-electron chi connectivity index (χ1n) is 9.14. The van der Waals surface area contributed by atoms with Gasteiger partial charge in [-0.15, -0.1) is 0 Å². The van der Waals surface area contributed by atoms with Gasteiger partial charge in [0.2, 0.25) is 0 Å². The summed E-state index contributed by atoms with van der Waals surface area (Å²) in [4.78, 5) is 23.2. The molecule has 0 radical (unpaired) electrons. The number of carbonyl (C=O) groups is 1. The summed E-state index contributed by atoms with van der Waals surface area (Å²) in [6, 6.07) is 5.99. The van der Waals surface area contributed by atoms with Crippen LogP contribution < -0.4 is 15.5 Å². The summed E-state index contributed by atoms with van der Waals surface area (Å²) in [5.41, 5.74) is 3.75. The van der Waals surface area contributed by atoms with Gasteiger partial charge in [-0.3, -0.25) is 5.10 Å². The van der Waals surface area contributed by atoms with Gasteiger partial charge in [0.05, 0.1) is 11.6 Å². The highest BCUT2D eigenvalue weighted by Crippen LogP contribution is 2.24. The number of urea groups is 1. The number of amides is 2. The second-order valence-electron chi connectivity index (χ2n) is 6.96. The highest BCUT2D eigenvalue weighted by molar-refractivity contribution is 5.91. The lowest BCUT2D eigenvalue weighted by atomic mass is 10.0. The van der Waals surface area contributed by atoms with Crippen LogP contribution in [0.15, 0.2) is 30.7 Å². The Hall–Kier alpha value is -3.16. The standard InChI is InChI=1S/C19H23N7O/c1-12-4-3-5-13(2)16(12)24-19(27)23-14-6-8-26(9-7-14)18-15-10-22-25-17(15)20-11-21-18/h3-5,10-11,14H,6-9H2,1-2H3,(H2,23,24,27)(H,20,21,22,25). The molecule has 1 fully saturated rings. The molecule has 1 aliphatic heterocycles. The van der Waals surface area contributed by atoms with E-state index in [0.717, 1.165) is 59.6 Å². The van der Waals surface area contributed by atoms with Crippen molar-refractivity contribution in [3.05, 3.63) is 41.9 Å². The normalized spacial score (nSPS) is 15.1. The Morgan fingerprint density at radius 1 is 1.19 bits per heavy atom. The van der Waals surface area contributed by atoms with Gasteiger partial charge in [0, 0.05) is 24.8 Å². The molecular formula is C19H23N7O. The van der Waals surface area contributed by atoms with Crippen LogP contribution in [0.25, 0.3) is 11.0 Å². The lowest BCUT2D eigenvalue weighted by molar-refractivity contribution is 0.246. The zero-order valence-corrected chi connectivity index (χ0v) is 15.5. The quantitative estimate of drug-likeness (QED) is 0.663. The predicted octanol–water partition coefficient (Wildman–Crippen LogP) is 2.76. The maximum Gasteiger partial charge on any atom is 0.319 e. The van der Waals surface area contributed by atoms with Crippen LogP contribution in [0.3, 0.4) is 0 Å². The largest absolute Gasteiger partial charge is 0.356 e. The Bertz CT molecular complexity index is 939. The van der Waals surface area contributed by atoms with Gasteiger partial charge in [-0.25, -0.2) is 14.8 Å². The summed E-state index contributed by atoms with van der Waals surface area (Å²) < 4.78 is 0. The molecular weight excluding hydrogens is 342 g/mol. The number of rotatable bonds is 3. The number of benzene rings is 1. The van der Waals surface area contributed by atoms with Gasteiger partial charge in [0.1, 0.15) is 12.1 Å². The van der Waals surface area contributed by atoms with E-state index in [-0.39, 0.29) is 12.1 Å². The van der Waals surface area contributed by atoms with Gasteiger partial charge in [0.25, 0.3) is 0 Å². The zero-order chi connectivity index (χ0) is 18.8. The third-order valence-electron chi connectivity index (χ3n) is 5.08. The van der Waals surface area contributed by atoms with E-state index >= 15 is 0 Å². The second-order valence-corrected chi connectivity index (χ2v) is 6.96. The van der Waals surface area contributed by atoms with Crippen LogP contribution in [0.4, 0.5) is 16.3 Å². The number of fused-ring (bicyclic) bond motifs is 1. The lowest BCUT2D eigenvalue weighted by Gasteiger charge is -2.33. The molecule has 0 unspecified atom stereocenters. The molecule has 8 heteroatoms. The fourth-order valence-electron chi connectivity index (χ4n) is 3.59. The first-order chi connectivity index (χ1) is 13.1. The van der Waals surface area contributed by atoms with Crippen LogP contribution >= 0.6 is 0 Å². The highest BCUT2D eigenvalue weighted by Gasteiger charge is 2.23. The van der Waals surface area contributed by atoms with Crippen molar-refractivity contribution in [3.63, 3.8) is 0 Å². The SMILES string of the molecule is Cc1cccc(C)c1NC(=O)NC1CCN(c2ncnc3[nH]ncc23)CC1. The Kier molecular flexibility index (Phi) is 4.62. The van der Waals surface area contributed by atoms with E-state index in [1.165, 1.54) is 0 Å². The summed E-state index contributed by atoms with van der Waals surface area (Å²) >= 11 is 0. The molecule has 0 spiro atoms. The molecule has 1 aliphatic rings. The number of aromatic nitrogens is 4. The molecule has 0 aliphatic carbocycles. The molecule has 0 bridgehead atoms. The molecule has 8 nitrogen and oxygen atoms in total. The van der Waals surface area contributed by atoms with Gasteiger partial charge in [-0.05, 0) is 37.8 Å². The maximum atomic E-state index is 12.4. The molecule has 0 atom stereocenters. The monoisotopic (exact) mass is 365 g/mol. The highest BCUT2D eigenvalue weighted by atomic mass is 16.2. The minimum Gasteiger partial charge on any atom is -0.356 e. The number of carbonyl (C=O) groups excluding carboxylic acids is 1. The molecule has 3 heterocycles. The average molecular weight is 365 g/mol. The number of aryl methyl sites for hydroxylation is 2. The van der Waals surface area contributed by atoms with E-state index in [9.17, 15) is 4.79 Å². The Morgan fingerprint density at radius 3 is 2.67 bits per heavy atom. The Labute approximate surface area is 157 Å². The van der Waals surface area contributed by atoms with Crippen LogP contribution in [0.5, 0.6) is 0 Å². The lowest BCUT2D eigenvalue weighted by Crippen LogP contribution is -2.46. The number of H-pyrrole nitrogens is 1. The average Bonchev–Trinajstić information content (AvgIpc) is 3.14. The van der Waals surface area contributed by atoms with Crippen molar-refractivity contribution in [2.45, 2.75) is 32.7 Å². The summed E-state index contributed by atoms with van der Waals surface area (Å²) in [5, 5.41) is 13.9. The molecule has 1 saturated heterocycles. The molecule has 1 aromatic carbocycles. The number of hydrogen-bond donors (Lipinski definition) is 3. The van der Waals surface area contributed by atoms with E-state index in [0.29, 0.717) is 0 Å². The summed E-state index contributed by atoms with van der Waals surface area (Å²) in [5.74, 6) is 0.896. The van der Waals surface area contributed by atoms with Crippen molar-refractivity contribution in [2.75, 3.05) is 23.3 Å². The number of anilines is 2. The van der Waals surface area contributed by atoms with Gasteiger partial charge in [0.15, 0.2) is 5.65 Å². The molecule has 3 N–H and O–H groups in total. The minimum atomic E-state index is -0.148. The molecule has 0 saturated carbocycles. The Balaban J connectivity index is 1.36. The Morgan fingerprint density at radius 2 is 1.93 bits per heavy atom. The first kappa shape index (κ1) is 17.3. The van der Waals surface area contributed by atoms with Crippen LogP contribution in [0.1, 0.15) is 24.0 Å². The number of piperidine rings is 1. The maximum absolute atomic E-state index is 12.4. The van der Waals surface area contributed by atoms with E-state index in [1.54, 1.807) is 12.5 Å². The van der Waals surface area contributed by atoms with E-state index in [4.69, 9.17) is 0 Å². The molecule has 140 valence electrons. The van der Waals surface area contributed by atoms with E-state index < -0.39 is 0 Å². The molecule has 2 amide bonds. The first-order valence-corrected chi connectivity index (χ1v) is 9.14. The van der Waals surface area contributed by atoms with E-state index in [1.807, 2.05) is 32.0 Å². The third-order valence-corrected chi connectivity index (χ3v) is 5.08. The fourth-order valence-corrected chi connectivity index (χ4v) is 3.59. The van der Waals surface area contributed by atoms with E-state index in [2.05, 4.69) is 35.7 Å². The molecule has 2 aromatic heterocycles. The minimum absolute atomic E-state index is 0.146. The second kappa shape index (κ2) is 7.22. The van der Waals surface area contributed by atoms with Gasteiger partial charge < -0.3 is 15.5 Å². The smallest absolute Gasteiger partial charge is 0.319 e. The third kappa shape index (κ3) is 3.55. The van der Waals surface area contributed by atoms with Crippen molar-refractivity contribution in [1.29, 1.82) is 0 Å². The number of nitrogens with zero attached hydrogens (tertiary/aromatic N) is 4. The van der Waals surface area contributed by atoms with Gasteiger partial charge in [-0.2, -0.15) is 5.10 Å². The summed E-state index contributed by atoms with van der Waals surface area (Å²) in [7, 11) is 0. The van der Waals surface area contributed by atoms with Crippen molar-refractivity contribution in [3.8, 4) is 0 Å². The van der Waals surface area contributed by atoms with Crippen molar-refractivity contribution >= 4 is 28.6 Å². The number of para-hydroxylation sites is 1. The number of hydrogen-bond acceptors (Lipinski definition) is 5. The van der Waals surface area contributed by atoms with Crippen LogP contribution in [-0.2, 0) is 0 Å². The topological polar surface area (TPSA) is 98.8 Å². The van der Waals surface area contributed by atoms with Crippen molar-refractivity contribution < 1.29 is 4.79 Å². The van der Waals surface area contributed by atoms with Crippen LogP contribution in [0, 0.1) is 13.8 Å². The van der Waals surface area contributed by atoms with Crippen LogP contribution in [-0.4, -0.2) is 45.3 Å². The summed E-state index contributed by atoms with van der Waals surface area (Å²) in [6.45, 7) is 5.65. The van der Waals surface area contributed by atoms with Gasteiger partial charge in [-0.1, -0.05) is 18.2 Å². The molecule has 3 aromatic rings. The zero-order valence-electron chi connectivity index (χ0n) is 15.5. The fraction of sp³-hybridized carbons (Fsp3) is 0.368. The van der Waals surface area contributed by atoms with Crippen LogP contribution in [0.2, 0.25) is 0 Å². The molecule has 4 rings (SSSR count). The van der Waals surface area contributed by atoms with Crippen molar-refractivity contribution in [1.82, 2.24) is 25.5 Å². The van der Waals surface area contributed by atoms with Crippen molar-refractivity contribution in [2.24, 2.45) is 0 Å². The predicted molar refractivity (Wildman–Crippen MR) is 105 cm³/mol.